The first-order valence-corrected chi connectivity index (χ1v) is 11.9. The number of fused-ring (bicyclic) bond motifs is 8. The van der Waals surface area contributed by atoms with E-state index >= 15 is 0 Å². The van der Waals surface area contributed by atoms with Gasteiger partial charge in [0.25, 0.3) is 0 Å². The summed E-state index contributed by atoms with van der Waals surface area (Å²) in [5, 5.41) is 4.82. The van der Waals surface area contributed by atoms with E-state index in [1.165, 1.54) is 32.6 Å². The predicted molar refractivity (Wildman–Crippen MR) is 145 cm³/mol. The number of nitrogens with zero attached hydrogens (tertiary/aromatic N) is 6. The minimum Gasteiger partial charge on any atom is -0.331 e. The summed E-state index contributed by atoms with van der Waals surface area (Å²) < 4.78 is 6.48. The molecule has 0 unspecified atom stereocenters. The SMILES string of the molecule is Cn1cnc2nc(-n3c4ccccc4c4c3ccc3c5ccccc5n(-c5ccccc5)c34)ncc21. The van der Waals surface area contributed by atoms with E-state index in [2.05, 4.69) is 105 Å². The molecule has 4 heterocycles. The Labute approximate surface area is 205 Å². The maximum absolute atomic E-state index is 4.86. The van der Waals surface area contributed by atoms with Crippen molar-refractivity contribution >= 4 is 54.8 Å². The average Bonchev–Trinajstić information content (AvgIpc) is 3.58. The quantitative estimate of drug-likeness (QED) is 0.291. The van der Waals surface area contributed by atoms with Crippen LogP contribution in [0.1, 0.15) is 0 Å². The molecule has 6 heteroatoms. The van der Waals surface area contributed by atoms with Gasteiger partial charge < -0.3 is 9.13 Å². The van der Waals surface area contributed by atoms with Gasteiger partial charge in [-0.05, 0) is 30.3 Å². The van der Waals surface area contributed by atoms with Crippen LogP contribution in [0.15, 0.2) is 104 Å². The summed E-state index contributed by atoms with van der Waals surface area (Å²) in [6, 6.07) is 32.1. The number of hydrogen-bond acceptors (Lipinski definition) is 3. The molecular formula is C30H20N6. The molecule has 0 saturated heterocycles. The van der Waals surface area contributed by atoms with Crippen LogP contribution in [0.25, 0.3) is 66.4 Å². The second-order valence-corrected chi connectivity index (χ2v) is 9.13. The Bertz CT molecular complexity index is 2110. The first kappa shape index (κ1) is 19.3. The highest BCUT2D eigenvalue weighted by Crippen LogP contribution is 2.41. The van der Waals surface area contributed by atoms with Gasteiger partial charge >= 0.3 is 0 Å². The van der Waals surface area contributed by atoms with Gasteiger partial charge in [0.15, 0.2) is 5.65 Å². The molecule has 6 nitrogen and oxygen atoms in total. The third-order valence-corrected chi connectivity index (χ3v) is 7.15. The highest BCUT2D eigenvalue weighted by Gasteiger charge is 2.21. The molecule has 0 spiro atoms. The fraction of sp³-hybridized carbons (Fsp3) is 0.0333. The summed E-state index contributed by atoms with van der Waals surface area (Å²) >= 11 is 0. The van der Waals surface area contributed by atoms with E-state index in [9.17, 15) is 0 Å². The fourth-order valence-corrected chi connectivity index (χ4v) is 5.58. The van der Waals surface area contributed by atoms with Gasteiger partial charge in [-0.25, -0.2) is 9.97 Å². The molecule has 0 amide bonds. The van der Waals surface area contributed by atoms with Gasteiger partial charge in [-0.2, -0.15) is 4.98 Å². The summed E-state index contributed by atoms with van der Waals surface area (Å²) in [4.78, 5) is 14.1. The van der Waals surface area contributed by atoms with E-state index in [-0.39, 0.29) is 0 Å². The Morgan fingerprint density at radius 2 is 1.31 bits per heavy atom. The third kappa shape index (κ3) is 2.47. The van der Waals surface area contributed by atoms with Crippen LogP contribution in [0.2, 0.25) is 0 Å². The third-order valence-electron chi connectivity index (χ3n) is 7.15. The molecule has 4 aromatic carbocycles. The smallest absolute Gasteiger partial charge is 0.236 e. The molecule has 4 aromatic heterocycles. The molecule has 0 saturated carbocycles. The van der Waals surface area contributed by atoms with Crippen molar-refractivity contribution in [3.8, 4) is 11.6 Å². The molecule has 0 radical (unpaired) electrons. The second-order valence-electron chi connectivity index (χ2n) is 9.13. The molecule has 170 valence electrons. The van der Waals surface area contributed by atoms with Gasteiger partial charge in [0.05, 0.1) is 34.6 Å². The molecule has 0 fully saturated rings. The van der Waals surface area contributed by atoms with Crippen LogP contribution in [0.4, 0.5) is 0 Å². The first-order chi connectivity index (χ1) is 17.8. The topological polar surface area (TPSA) is 53.5 Å². The molecule has 36 heavy (non-hydrogen) atoms. The van der Waals surface area contributed by atoms with Gasteiger partial charge in [-0.1, -0.05) is 60.7 Å². The molecule has 0 atom stereocenters. The van der Waals surface area contributed by atoms with Crippen molar-refractivity contribution in [3.63, 3.8) is 0 Å². The van der Waals surface area contributed by atoms with Gasteiger partial charge in [-0.3, -0.25) is 4.57 Å². The van der Waals surface area contributed by atoms with E-state index in [1.54, 1.807) is 6.33 Å². The Morgan fingerprint density at radius 3 is 2.14 bits per heavy atom. The van der Waals surface area contributed by atoms with E-state index in [1.807, 2.05) is 17.8 Å². The summed E-state index contributed by atoms with van der Waals surface area (Å²) in [5.41, 5.74) is 7.25. The zero-order chi connectivity index (χ0) is 23.8. The maximum atomic E-state index is 4.86. The number of para-hydroxylation sites is 3. The van der Waals surface area contributed by atoms with E-state index in [0.717, 1.165) is 22.2 Å². The number of benzene rings is 4. The number of hydrogen-bond donors (Lipinski definition) is 0. The Balaban J connectivity index is 1.59. The molecule has 0 N–H and O–H groups in total. The zero-order valence-electron chi connectivity index (χ0n) is 19.5. The van der Waals surface area contributed by atoms with Crippen molar-refractivity contribution in [2.24, 2.45) is 7.05 Å². The monoisotopic (exact) mass is 464 g/mol. The van der Waals surface area contributed by atoms with Gasteiger partial charge in [0.1, 0.15) is 5.52 Å². The molecule has 0 aliphatic rings. The minimum absolute atomic E-state index is 0.620. The summed E-state index contributed by atoms with van der Waals surface area (Å²) in [6.45, 7) is 0. The molecule has 8 rings (SSSR count). The van der Waals surface area contributed by atoms with Crippen molar-refractivity contribution in [1.82, 2.24) is 28.7 Å². The van der Waals surface area contributed by atoms with Crippen LogP contribution in [-0.2, 0) is 7.05 Å². The van der Waals surface area contributed by atoms with Crippen molar-refractivity contribution in [3.05, 3.63) is 104 Å². The predicted octanol–water partition coefficient (Wildman–Crippen LogP) is 6.56. The van der Waals surface area contributed by atoms with Crippen LogP contribution in [0.5, 0.6) is 0 Å². The van der Waals surface area contributed by atoms with Crippen molar-refractivity contribution < 1.29 is 0 Å². The lowest BCUT2D eigenvalue weighted by molar-refractivity contribution is 0.940. The molecule has 0 bridgehead atoms. The molecule has 0 aliphatic carbocycles. The maximum Gasteiger partial charge on any atom is 0.236 e. The molecular weight excluding hydrogens is 444 g/mol. The standard InChI is InChI=1S/C30H20N6/c1-34-18-32-29-26(34)17-31-30(33-29)36-24-14-8-6-12-22(24)27-25(36)16-15-21-20-11-5-7-13-23(20)35(28(21)27)19-9-3-2-4-10-19/h2-18H,1H3. The van der Waals surface area contributed by atoms with E-state index < -0.39 is 0 Å². The van der Waals surface area contributed by atoms with E-state index in [4.69, 9.17) is 9.97 Å². The molecule has 8 aromatic rings. The van der Waals surface area contributed by atoms with Gasteiger partial charge in [0.2, 0.25) is 5.95 Å². The van der Waals surface area contributed by atoms with E-state index in [0.29, 0.717) is 11.6 Å². The summed E-state index contributed by atoms with van der Waals surface area (Å²) in [6.07, 6.45) is 3.63. The fourth-order valence-electron chi connectivity index (χ4n) is 5.58. The lowest BCUT2D eigenvalue weighted by Crippen LogP contribution is -2.01. The van der Waals surface area contributed by atoms with Crippen LogP contribution in [0.3, 0.4) is 0 Å². The molecule has 0 aliphatic heterocycles. The lowest BCUT2D eigenvalue weighted by atomic mass is 10.1. The summed E-state index contributed by atoms with van der Waals surface area (Å²) in [7, 11) is 1.96. The Morgan fingerprint density at radius 1 is 0.583 bits per heavy atom. The second kappa shape index (κ2) is 7.02. The van der Waals surface area contributed by atoms with Crippen molar-refractivity contribution in [1.29, 1.82) is 0 Å². The number of aryl methyl sites for hydroxylation is 1. The minimum atomic E-state index is 0.620. The summed E-state index contributed by atoms with van der Waals surface area (Å²) in [5.74, 6) is 0.620. The Kier molecular flexibility index (Phi) is 3.77. The first-order valence-electron chi connectivity index (χ1n) is 11.9. The van der Waals surface area contributed by atoms with Crippen LogP contribution < -0.4 is 0 Å². The average molecular weight is 465 g/mol. The van der Waals surface area contributed by atoms with Crippen molar-refractivity contribution in [2.45, 2.75) is 0 Å². The number of rotatable bonds is 2. The van der Waals surface area contributed by atoms with Gasteiger partial charge in [0, 0.05) is 34.3 Å². The number of imidazole rings is 1. The highest BCUT2D eigenvalue weighted by atomic mass is 15.2. The zero-order valence-corrected chi connectivity index (χ0v) is 19.5. The Hall–Kier alpha value is -4.97. The largest absolute Gasteiger partial charge is 0.331 e. The normalized spacial score (nSPS) is 12.0. The highest BCUT2D eigenvalue weighted by molar-refractivity contribution is 6.26. The van der Waals surface area contributed by atoms with Crippen LogP contribution in [0, 0.1) is 0 Å². The van der Waals surface area contributed by atoms with Crippen LogP contribution in [-0.4, -0.2) is 28.7 Å². The van der Waals surface area contributed by atoms with Crippen molar-refractivity contribution in [2.75, 3.05) is 0 Å². The van der Waals surface area contributed by atoms with Gasteiger partial charge in [-0.15, -0.1) is 0 Å². The number of aromatic nitrogens is 6. The van der Waals surface area contributed by atoms with Crippen LogP contribution >= 0.6 is 0 Å². The lowest BCUT2D eigenvalue weighted by Gasteiger charge is -2.09.